The fourth-order valence-corrected chi connectivity index (χ4v) is 1.56. The number of benzene rings is 1. The molecule has 0 N–H and O–H groups in total. The van der Waals surface area contributed by atoms with Crippen molar-refractivity contribution in [3.63, 3.8) is 0 Å². The molecule has 8 heteroatoms. The first kappa shape index (κ1) is 14.4. The number of carbonyl (C=O) groups excluding carboxylic acids is 1. The van der Waals surface area contributed by atoms with Crippen molar-refractivity contribution in [1.82, 2.24) is 0 Å². The van der Waals surface area contributed by atoms with Crippen LogP contribution < -0.4 is 4.18 Å². The standard InChI is InChI=1S/C10H10F2O5S/c1-2-16-10(13)6-7-3-4-9(8(11)5-7)17-18(12,14)15/h3-5H,2,6H2,1H3. The van der Waals surface area contributed by atoms with E-state index in [9.17, 15) is 21.5 Å². The van der Waals surface area contributed by atoms with Gasteiger partial charge < -0.3 is 8.92 Å². The van der Waals surface area contributed by atoms with Gasteiger partial charge in [-0.2, -0.15) is 8.42 Å². The molecule has 1 aromatic carbocycles. The van der Waals surface area contributed by atoms with E-state index in [4.69, 9.17) is 0 Å². The average Bonchev–Trinajstić information content (AvgIpc) is 2.21. The van der Waals surface area contributed by atoms with Crippen LogP contribution in [0.2, 0.25) is 0 Å². The van der Waals surface area contributed by atoms with Gasteiger partial charge in [-0.3, -0.25) is 4.79 Å². The molecule has 0 heterocycles. The van der Waals surface area contributed by atoms with Gasteiger partial charge in [-0.25, -0.2) is 4.39 Å². The van der Waals surface area contributed by atoms with Crippen LogP contribution in [0.25, 0.3) is 0 Å². The normalized spacial score (nSPS) is 11.1. The fraction of sp³-hybridized carbons (Fsp3) is 0.300. The van der Waals surface area contributed by atoms with Crippen LogP contribution in [-0.2, 0) is 26.5 Å². The van der Waals surface area contributed by atoms with Crippen molar-refractivity contribution >= 4 is 16.5 Å². The molecule has 100 valence electrons. The van der Waals surface area contributed by atoms with Crippen molar-refractivity contribution in [3.8, 4) is 5.75 Å². The predicted octanol–water partition coefficient (Wildman–Crippen LogP) is 1.52. The van der Waals surface area contributed by atoms with Crippen molar-refractivity contribution in [2.75, 3.05) is 6.61 Å². The highest BCUT2D eigenvalue weighted by molar-refractivity contribution is 7.81. The van der Waals surface area contributed by atoms with Gasteiger partial charge in [0.05, 0.1) is 13.0 Å². The molecule has 0 fully saturated rings. The molecular weight excluding hydrogens is 270 g/mol. The molecule has 0 saturated heterocycles. The average molecular weight is 280 g/mol. The zero-order valence-corrected chi connectivity index (χ0v) is 10.2. The summed E-state index contributed by atoms with van der Waals surface area (Å²) < 4.78 is 54.2. The summed E-state index contributed by atoms with van der Waals surface area (Å²) in [6.45, 7) is 1.82. The third-order valence-electron chi connectivity index (χ3n) is 1.84. The zero-order chi connectivity index (χ0) is 13.8. The molecule has 0 unspecified atom stereocenters. The molecule has 0 radical (unpaired) electrons. The topological polar surface area (TPSA) is 69.7 Å². The van der Waals surface area contributed by atoms with Crippen LogP contribution in [0.1, 0.15) is 12.5 Å². The summed E-state index contributed by atoms with van der Waals surface area (Å²) in [5.74, 6) is -2.41. The van der Waals surface area contributed by atoms with Gasteiger partial charge in [-0.05, 0) is 24.6 Å². The summed E-state index contributed by atoms with van der Waals surface area (Å²) >= 11 is 0. The molecule has 0 aromatic heterocycles. The maximum Gasteiger partial charge on any atom is 0.488 e. The number of halogens is 2. The summed E-state index contributed by atoms with van der Waals surface area (Å²) in [6, 6.07) is 3.03. The fourth-order valence-electron chi connectivity index (χ4n) is 1.21. The highest BCUT2D eigenvalue weighted by Gasteiger charge is 2.15. The van der Waals surface area contributed by atoms with Gasteiger partial charge in [0.2, 0.25) is 0 Å². The van der Waals surface area contributed by atoms with E-state index < -0.39 is 28.0 Å². The van der Waals surface area contributed by atoms with Gasteiger partial charge in [-0.15, -0.1) is 0 Å². The lowest BCUT2D eigenvalue weighted by Gasteiger charge is -2.05. The van der Waals surface area contributed by atoms with Crippen LogP contribution >= 0.6 is 0 Å². The number of ether oxygens (including phenoxy) is 1. The molecule has 1 rings (SSSR count). The molecular formula is C10H10F2O5S. The monoisotopic (exact) mass is 280 g/mol. The Balaban J connectivity index is 2.83. The summed E-state index contributed by atoms with van der Waals surface area (Å²) in [5, 5.41) is 0. The Bertz CT molecular complexity index is 541. The number of hydrogen-bond donors (Lipinski definition) is 0. The van der Waals surface area contributed by atoms with E-state index in [1.165, 1.54) is 6.07 Å². The van der Waals surface area contributed by atoms with Crippen LogP contribution in [0.15, 0.2) is 18.2 Å². The van der Waals surface area contributed by atoms with Gasteiger partial charge >= 0.3 is 16.5 Å². The molecule has 0 atom stereocenters. The molecule has 1 aromatic rings. The summed E-state index contributed by atoms with van der Waals surface area (Å²) in [7, 11) is -5.28. The molecule has 0 saturated carbocycles. The van der Waals surface area contributed by atoms with E-state index in [0.717, 1.165) is 12.1 Å². The Labute approximate surface area is 103 Å². The highest BCUT2D eigenvalue weighted by atomic mass is 32.3. The SMILES string of the molecule is CCOC(=O)Cc1ccc(OS(=O)(=O)F)c(F)c1. The van der Waals surface area contributed by atoms with Gasteiger partial charge in [0.15, 0.2) is 11.6 Å². The third kappa shape index (κ3) is 4.66. The van der Waals surface area contributed by atoms with Gasteiger partial charge in [-0.1, -0.05) is 9.95 Å². The second kappa shape index (κ2) is 5.76. The zero-order valence-electron chi connectivity index (χ0n) is 9.35. The molecule has 0 spiro atoms. The molecule has 0 aliphatic rings. The minimum Gasteiger partial charge on any atom is -0.466 e. The minimum absolute atomic E-state index is 0.173. The van der Waals surface area contributed by atoms with Crippen LogP contribution in [0.5, 0.6) is 5.75 Å². The maximum atomic E-state index is 13.3. The molecule has 0 aliphatic carbocycles. The summed E-state index contributed by atoms with van der Waals surface area (Å²) in [5.41, 5.74) is 0.259. The first-order valence-corrected chi connectivity index (χ1v) is 6.21. The van der Waals surface area contributed by atoms with Crippen molar-refractivity contribution in [1.29, 1.82) is 0 Å². The largest absolute Gasteiger partial charge is 0.488 e. The van der Waals surface area contributed by atoms with Crippen LogP contribution in [0.4, 0.5) is 8.28 Å². The van der Waals surface area contributed by atoms with Crippen LogP contribution in [0, 0.1) is 5.82 Å². The van der Waals surface area contributed by atoms with Crippen LogP contribution in [0.3, 0.4) is 0 Å². The molecule has 0 aliphatic heterocycles. The molecule has 0 bridgehead atoms. The second-order valence-corrected chi connectivity index (χ2v) is 4.18. The Morgan fingerprint density at radius 3 is 2.56 bits per heavy atom. The Hall–Kier alpha value is -1.70. The smallest absolute Gasteiger partial charge is 0.466 e. The number of rotatable bonds is 5. The lowest BCUT2D eigenvalue weighted by atomic mass is 10.1. The number of hydrogen-bond acceptors (Lipinski definition) is 5. The summed E-state index contributed by atoms with van der Waals surface area (Å²) in [4.78, 5) is 11.1. The van der Waals surface area contributed by atoms with E-state index in [-0.39, 0.29) is 18.6 Å². The highest BCUT2D eigenvalue weighted by Crippen LogP contribution is 2.20. The lowest BCUT2D eigenvalue weighted by Crippen LogP contribution is -2.08. The maximum absolute atomic E-state index is 13.3. The quantitative estimate of drug-likeness (QED) is 0.604. The Morgan fingerprint density at radius 1 is 1.39 bits per heavy atom. The van der Waals surface area contributed by atoms with Gasteiger partial charge in [0.25, 0.3) is 0 Å². The van der Waals surface area contributed by atoms with Gasteiger partial charge in [0.1, 0.15) is 0 Å². The van der Waals surface area contributed by atoms with E-state index in [2.05, 4.69) is 8.92 Å². The van der Waals surface area contributed by atoms with E-state index in [1.807, 2.05) is 0 Å². The van der Waals surface area contributed by atoms with E-state index in [0.29, 0.717) is 0 Å². The third-order valence-corrected chi connectivity index (χ3v) is 2.22. The summed E-state index contributed by atoms with van der Waals surface area (Å²) in [6.07, 6.45) is -0.173. The van der Waals surface area contributed by atoms with E-state index >= 15 is 0 Å². The van der Waals surface area contributed by atoms with Crippen LogP contribution in [-0.4, -0.2) is 21.0 Å². The van der Waals surface area contributed by atoms with Crippen molar-refractivity contribution in [3.05, 3.63) is 29.6 Å². The second-order valence-electron chi connectivity index (χ2n) is 3.22. The van der Waals surface area contributed by atoms with Crippen molar-refractivity contribution in [2.24, 2.45) is 0 Å². The van der Waals surface area contributed by atoms with Gasteiger partial charge in [0, 0.05) is 0 Å². The first-order valence-electron chi connectivity index (χ1n) is 4.90. The lowest BCUT2D eigenvalue weighted by molar-refractivity contribution is -0.142. The molecule has 0 amide bonds. The van der Waals surface area contributed by atoms with E-state index in [1.54, 1.807) is 6.92 Å². The number of carbonyl (C=O) groups is 1. The molecule has 5 nitrogen and oxygen atoms in total. The molecule has 18 heavy (non-hydrogen) atoms. The van der Waals surface area contributed by atoms with Crippen molar-refractivity contribution < 1.29 is 30.4 Å². The first-order chi connectivity index (χ1) is 8.31. The number of esters is 1. The predicted molar refractivity (Wildman–Crippen MR) is 57.4 cm³/mol. The van der Waals surface area contributed by atoms with Crippen molar-refractivity contribution in [2.45, 2.75) is 13.3 Å². The Morgan fingerprint density at radius 2 is 2.06 bits per heavy atom. The minimum atomic E-state index is -5.28. The Kier molecular flexibility index (Phi) is 4.60.